The zero-order valence-corrected chi connectivity index (χ0v) is 12.1. The molecule has 94 valence electrons. The van der Waals surface area contributed by atoms with E-state index in [4.69, 9.17) is 0 Å². The van der Waals surface area contributed by atoms with E-state index >= 15 is 0 Å². The largest absolute Gasteiger partial charge is 0.393 e. The number of rotatable bonds is 5. The summed E-state index contributed by atoms with van der Waals surface area (Å²) in [5.74, 6) is -0.161. The summed E-state index contributed by atoms with van der Waals surface area (Å²) < 4.78 is 0.889. The van der Waals surface area contributed by atoms with Gasteiger partial charge in [-0.1, -0.05) is 22.9 Å². The molecule has 0 aliphatic heterocycles. The van der Waals surface area contributed by atoms with E-state index in [0.717, 1.165) is 4.47 Å². The molecule has 0 saturated heterocycles. The van der Waals surface area contributed by atoms with E-state index < -0.39 is 0 Å². The molecule has 1 amide bonds. The van der Waals surface area contributed by atoms with Gasteiger partial charge in [0.15, 0.2) is 0 Å². The molecule has 0 aliphatic rings. The molecule has 1 atom stereocenters. The number of hydrogen-bond acceptors (Lipinski definition) is 3. The highest BCUT2D eigenvalue weighted by Gasteiger charge is 2.09. The Balaban J connectivity index is 2.52. The van der Waals surface area contributed by atoms with Crippen LogP contribution in [0, 0.1) is 0 Å². The van der Waals surface area contributed by atoms with Crippen LogP contribution in [0.15, 0.2) is 27.6 Å². The van der Waals surface area contributed by atoms with Crippen molar-refractivity contribution in [2.24, 2.45) is 0 Å². The average Bonchev–Trinajstić information content (AvgIpc) is 2.28. The number of halogens is 1. The van der Waals surface area contributed by atoms with E-state index in [1.165, 1.54) is 0 Å². The van der Waals surface area contributed by atoms with Crippen LogP contribution in [0.25, 0.3) is 0 Å². The van der Waals surface area contributed by atoms with Crippen LogP contribution in [0.4, 0.5) is 0 Å². The second-order valence-corrected chi connectivity index (χ2v) is 5.17. The van der Waals surface area contributed by atoms with Crippen molar-refractivity contribution in [3.8, 4) is 0 Å². The fraction of sp³-hybridized carbons (Fsp3) is 0.417. The van der Waals surface area contributed by atoms with Gasteiger partial charge < -0.3 is 10.4 Å². The Hall–Kier alpha value is -0.520. The standard InChI is InChI=1S/C12H16BrNO2S/c1-2-9(15)5-6-14-12(16)10-4-3-8(13)7-11(10)17/h3-4,7,9,15,17H,2,5-6H2,1H3,(H,14,16). The van der Waals surface area contributed by atoms with Crippen molar-refractivity contribution in [3.05, 3.63) is 28.2 Å². The lowest BCUT2D eigenvalue weighted by Gasteiger charge is -2.10. The van der Waals surface area contributed by atoms with Gasteiger partial charge in [0, 0.05) is 15.9 Å². The highest BCUT2D eigenvalue weighted by atomic mass is 79.9. The zero-order valence-electron chi connectivity index (χ0n) is 9.61. The van der Waals surface area contributed by atoms with Gasteiger partial charge in [-0.25, -0.2) is 0 Å². The third-order valence-electron chi connectivity index (χ3n) is 2.44. The van der Waals surface area contributed by atoms with Gasteiger partial charge in [0.25, 0.3) is 5.91 Å². The first-order chi connectivity index (χ1) is 8.04. The lowest BCUT2D eigenvalue weighted by Crippen LogP contribution is -2.27. The maximum absolute atomic E-state index is 11.8. The summed E-state index contributed by atoms with van der Waals surface area (Å²) in [4.78, 5) is 12.4. The third kappa shape index (κ3) is 4.69. The van der Waals surface area contributed by atoms with Crippen molar-refractivity contribution in [1.29, 1.82) is 0 Å². The molecule has 0 heterocycles. The number of amides is 1. The van der Waals surface area contributed by atoms with Crippen LogP contribution in [-0.4, -0.2) is 23.7 Å². The lowest BCUT2D eigenvalue weighted by molar-refractivity contribution is 0.0939. The predicted molar refractivity (Wildman–Crippen MR) is 74.6 cm³/mol. The minimum absolute atomic E-state index is 0.161. The summed E-state index contributed by atoms with van der Waals surface area (Å²) in [5.41, 5.74) is 0.544. The molecule has 2 N–H and O–H groups in total. The Kier molecular flexibility index (Phi) is 6.02. The summed E-state index contributed by atoms with van der Waals surface area (Å²) in [6.07, 6.45) is 0.919. The van der Waals surface area contributed by atoms with Gasteiger partial charge in [0.05, 0.1) is 11.7 Å². The first-order valence-electron chi connectivity index (χ1n) is 5.49. The number of aliphatic hydroxyl groups is 1. The smallest absolute Gasteiger partial charge is 0.252 e. The van der Waals surface area contributed by atoms with E-state index in [9.17, 15) is 9.90 Å². The van der Waals surface area contributed by atoms with Gasteiger partial charge in [-0.2, -0.15) is 0 Å². The summed E-state index contributed by atoms with van der Waals surface area (Å²) in [6, 6.07) is 5.30. The highest BCUT2D eigenvalue weighted by Crippen LogP contribution is 2.19. The maximum atomic E-state index is 11.8. The molecule has 1 unspecified atom stereocenters. The summed E-state index contributed by atoms with van der Waals surface area (Å²) in [5, 5.41) is 12.1. The van der Waals surface area contributed by atoms with Crippen LogP contribution in [0.1, 0.15) is 30.1 Å². The lowest BCUT2D eigenvalue weighted by atomic mass is 10.2. The molecule has 1 rings (SSSR count). The number of thiol groups is 1. The predicted octanol–water partition coefficient (Wildman–Crippen LogP) is 2.63. The van der Waals surface area contributed by atoms with Crippen molar-refractivity contribution >= 4 is 34.5 Å². The van der Waals surface area contributed by atoms with Gasteiger partial charge in [-0.05, 0) is 31.0 Å². The summed E-state index contributed by atoms with van der Waals surface area (Å²) >= 11 is 7.56. The fourth-order valence-electron chi connectivity index (χ4n) is 1.35. The molecule has 1 aromatic carbocycles. The molecular weight excluding hydrogens is 302 g/mol. The minimum Gasteiger partial charge on any atom is -0.393 e. The highest BCUT2D eigenvalue weighted by molar-refractivity contribution is 9.10. The Morgan fingerprint density at radius 2 is 2.29 bits per heavy atom. The quantitative estimate of drug-likeness (QED) is 0.731. The van der Waals surface area contributed by atoms with Crippen LogP contribution >= 0.6 is 28.6 Å². The first kappa shape index (κ1) is 14.5. The Morgan fingerprint density at radius 1 is 1.59 bits per heavy atom. The molecule has 0 bridgehead atoms. The van der Waals surface area contributed by atoms with Crippen molar-refractivity contribution in [3.63, 3.8) is 0 Å². The Morgan fingerprint density at radius 3 is 2.88 bits per heavy atom. The van der Waals surface area contributed by atoms with Crippen molar-refractivity contribution in [2.45, 2.75) is 30.8 Å². The normalized spacial score (nSPS) is 12.2. The minimum atomic E-state index is -0.351. The van der Waals surface area contributed by atoms with Crippen LogP contribution in [0.3, 0.4) is 0 Å². The van der Waals surface area contributed by atoms with Crippen molar-refractivity contribution in [2.75, 3.05) is 6.54 Å². The zero-order chi connectivity index (χ0) is 12.8. The van der Waals surface area contributed by atoms with E-state index in [-0.39, 0.29) is 12.0 Å². The Bertz CT molecular complexity index is 398. The van der Waals surface area contributed by atoms with Crippen molar-refractivity contribution < 1.29 is 9.90 Å². The number of aliphatic hydroxyl groups excluding tert-OH is 1. The van der Waals surface area contributed by atoms with E-state index in [1.54, 1.807) is 18.2 Å². The molecule has 0 aliphatic carbocycles. The molecule has 0 fully saturated rings. The monoisotopic (exact) mass is 317 g/mol. The maximum Gasteiger partial charge on any atom is 0.252 e. The molecule has 3 nitrogen and oxygen atoms in total. The van der Waals surface area contributed by atoms with Gasteiger partial charge in [0.1, 0.15) is 0 Å². The van der Waals surface area contributed by atoms with Crippen molar-refractivity contribution in [1.82, 2.24) is 5.32 Å². The Labute approximate surface area is 115 Å². The summed E-state index contributed by atoms with van der Waals surface area (Å²) in [7, 11) is 0. The van der Waals surface area contributed by atoms with Crippen LogP contribution in [-0.2, 0) is 0 Å². The fourth-order valence-corrected chi connectivity index (χ4v) is 2.20. The molecule has 0 saturated carbocycles. The van der Waals surface area contributed by atoms with Crippen LogP contribution in [0.2, 0.25) is 0 Å². The number of hydrogen-bond donors (Lipinski definition) is 3. The second-order valence-electron chi connectivity index (χ2n) is 3.77. The van der Waals surface area contributed by atoms with E-state index in [0.29, 0.717) is 29.8 Å². The molecule has 0 radical (unpaired) electrons. The third-order valence-corrected chi connectivity index (χ3v) is 3.30. The molecule has 17 heavy (non-hydrogen) atoms. The molecule has 5 heteroatoms. The van der Waals surface area contributed by atoms with Gasteiger partial charge >= 0.3 is 0 Å². The summed E-state index contributed by atoms with van der Waals surface area (Å²) in [6.45, 7) is 2.38. The van der Waals surface area contributed by atoms with Crippen LogP contribution < -0.4 is 5.32 Å². The van der Waals surface area contributed by atoms with E-state index in [1.807, 2.05) is 6.92 Å². The number of benzene rings is 1. The molecular formula is C12H16BrNO2S. The molecule has 0 spiro atoms. The van der Waals surface area contributed by atoms with Gasteiger partial charge in [0.2, 0.25) is 0 Å². The topological polar surface area (TPSA) is 49.3 Å². The second kappa shape index (κ2) is 7.03. The number of carbonyl (C=O) groups excluding carboxylic acids is 1. The van der Waals surface area contributed by atoms with E-state index in [2.05, 4.69) is 33.9 Å². The SMILES string of the molecule is CCC(O)CCNC(=O)c1ccc(Br)cc1S. The van der Waals surface area contributed by atoms with Crippen LogP contribution in [0.5, 0.6) is 0 Å². The first-order valence-corrected chi connectivity index (χ1v) is 6.73. The molecule has 0 aromatic heterocycles. The van der Waals surface area contributed by atoms with Gasteiger partial charge in [-0.3, -0.25) is 4.79 Å². The molecule has 1 aromatic rings. The average molecular weight is 318 g/mol. The number of nitrogens with one attached hydrogen (secondary N) is 1. The number of carbonyl (C=O) groups is 1. The van der Waals surface area contributed by atoms with Gasteiger partial charge in [-0.15, -0.1) is 12.6 Å².